The predicted octanol–water partition coefficient (Wildman–Crippen LogP) is 4.14. The van der Waals surface area contributed by atoms with E-state index in [-0.39, 0.29) is 6.03 Å². The van der Waals surface area contributed by atoms with Crippen LogP contribution < -0.4 is 10.6 Å². The summed E-state index contributed by atoms with van der Waals surface area (Å²) in [5.74, 6) is 0. The van der Waals surface area contributed by atoms with Crippen LogP contribution in [0.5, 0.6) is 0 Å². The molecule has 2 N–H and O–H groups in total. The molecule has 1 aromatic heterocycles. The fourth-order valence-corrected chi connectivity index (χ4v) is 2.47. The summed E-state index contributed by atoms with van der Waals surface area (Å²) in [6.45, 7) is 2.55. The Balaban J connectivity index is 1.88. The van der Waals surface area contributed by atoms with Gasteiger partial charge in [0.15, 0.2) is 0 Å². The van der Waals surface area contributed by atoms with Gasteiger partial charge in [0.25, 0.3) is 0 Å². The molecule has 0 unspecified atom stereocenters. The highest BCUT2D eigenvalue weighted by molar-refractivity contribution is 9.10. The molecule has 0 aliphatic carbocycles. The Bertz CT molecular complexity index is 540. The van der Waals surface area contributed by atoms with Crippen molar-refractivity contribution in [1.29, 1.82) is 0 Å². The Morgan fingerprint density at radius 1 is 1.39 bits per heavy atom. The number of amides is 2. The number of hydrogen-bond donors (Lipinski definition) is 2. The molecule has 0 radical (unpaired) electrons. The molecule has 1 heterocycles. The Kier molecular flexibility index (Phi) is 4.38. The second-order valence-electron chi connectivity index (χ2n) is 3.90. The van der Waals surface area contributed by atoms with Crippen LogP contribution >= 0.6 is 27.3 Å². The average Bonchev–Trinajstić information content (AvgIpc) is 2.84. The molecule has 2 amide bonds. The molecular formula is C13H13BrN2OS. The van der Waals surface area contributed by atoms with Crippen LogP contribution in [0, 0.1) is 6.92 Å². The predicted molar refractivity (Wildman–Crippen MR) is 79.1 cm³/mol. The number of benzene rings is 1. The minimum atomic E-state index is -0.197. The summed E-state index contributed by atoms with van der Waals surface area (Å²) < 4.78 is 0.984. The lowest BCUT2D eigenvalue weighted by Crippen LogP contribution is -2.27. The van der Waals surface area contributed by atoms with E-state index in [2.05, 4.69) is 26.6 Å². The van der Waals surface area contributed by atoms with Crippen molar-refractivity contribution in [3.05, 3.63) is 50.6 Å². The monoisotopic (exact) mass is 324 g/mol. The SMILES string of the molecule is Cc1ccc(NC(=O)NCc2ccsc2)cc1Br. The van der Waals surface area contributed by atoms with Gasteiger partial charge in [-0.2, -0.15) is 11.3 Å². The van der Waals surface area contributed by atoms with Crippen molar-refractivity contribution in [2.45, 2.75) is 13.5 Å². The summed E-state index contributed by atoms with van der Waals surface area (Å²) >= 11 is 5.06. The standard InChI is InChI=1S/C13H13BrN2OS/c1-9-2-3-11(6-12(9)14)16-13(17)15-7-10-4-5-18-8-10/h2-6,8H,7H2,1H3,(H2,15,16,17). The first kappa shape index (κ1) is 13.1. The van der Waals surface area contributed by atoms with Gasteiger partial charge in [0, 0.05) is 16.7 Å². The van der Waals surface area contributed by atoms with Crippen molar-refractivity contribution in [2.24, 2.45) is 0 Å². The van der Waals surface area contributed by atoms with E-state index in [1.165, 1.54) is 0 Å². The molecular weight excluding hydrogens is 312 g/mol. The van der Waals surface area contributed by atoms with Crippen molar-refractivity contribution in [3.8, 4) is 0 Å². The molecule has 0 atom stereocenters. The lowest BCUT2D eigenvalue weighted by Gasteiger charge is -2.08. The molecule has 0 saturated carbocycles. The fraction of sp³-hybridized carbons (Fsp3) is 0.154. The van der Waals surface area contributed by atoms with Crippen molar-refractivity contribution in [3.63, 3.8) is 0 Å². The topological polar surface area (TPSA) is 41.1 Å². The van der Waals surface area contributed by atoms with Crippen molar-refractivity contribution in [2.75, 3.05) is 5.32 Å². The van der Waals surface area contributed by atoms with E-state index in [1.807, 2.05) is 41.9 Å². The first-order chi connectivity index (χ1) is 8.65. The minimum absolute atomic E-state index is 0.197. The summed E-state index contributed by atoms with van der Waals surface area (Å²) in [5.41, 5.74) is 3.02. The second-order valence-corrected chi connectivity index (χ2v) is 5.54. The number of thiophene rings is 1. The van der Waals surface area contributed by atoms with Gasteiger partial charge in [0.2, 0.25) is 0 Å². The number of halogens is 1. The van der Waals surface area contributed by atoms with Crippen LogP contribution in [0.1, 0.15) is 11.1 Å². The Hall–Kier alpha value is -1.33. The molecule has 1 aromatic carbocycles. The van der Waals surface area contributed by atoms with E-state index in [0.29, 0.717) is 6.54 Å². The maximum Gasteiger partial charge on any atom is 0.319 e. The van der Waals surface area contributed by atoms with E-state index < -0.39 is 0 Å². The van der Waals surface area contributed by atoms with Gasteiger partial charge in [0.1, 0.15) is 0 Å². The number of carbonyl (C=O) groups excluding carboxylic acids is 1. The highest BCUT2D eigenvalue weighted by atomic mass is 79.9. The van der Waals surface area contributed by atoms with Crippen molar-refractivity contribution >= 4 is 39.0 Å². The van der Waals surface area contributed by atoms with Crippen LogP contribution in [-0.4, -0.2) is 6.03 Å². The zero-order valence-corrected chi connectivity index (χ0v) is 12.3. The number of aryl methyl sites for hydroxylation is 1. The van der Waals surface area contributed by atoms with Gasteiger partial charge < -0.3 is 10.6 Å². The smallest absolute Gasteiger partial charge is 0.319 e. The maximum absolute atomic E-state index is 11.7. The summed E-state index contributed by atoms with van der Waals surface area (Å²) in [5, 5.41) is 9.61. The molecule has 0 fully saturated rings. The fourth-order valence-electron chi connectivity index (χ4n) is 1.42. The molecule has 0 aliphatic rings. The second kappa shape index (κ2) is 6.02. The zero-order chi connectivity index (χ0) is 13.0. The van der Waals surface area contributed by atoms with Gasteiger partial charge in [-0.05, 0) is 47.0 Å². The first-order valence-electron chi connectivity index (χ1n) is 5.47. The third-order valence-electron chi connectivity index (χ3n) is 2.46. The molecule has 2 rings (SSSR count). The molecule has 2 aromatic rings. The third-order valence-corrected chi connectivity index (χ3v) is 4.05. The molecule has 0 bridgehead atoms. The summed E-state index contributed by atoms with van der Waals surface area (Å²) in [6.07, 6.45) is 0. The van der Waals surface area contributed by atoms with Gasteiger partial charge in [-0.3, -0.25) is 0 Å². The van der Waals surface area contributed by atoms with Crippen LogP contribution in [-0.2, 0) is 6.54 Å². The largest absolute Gasteiger partial charge is 0.334 e. The lowest BCUT2D eigenvalue weighted by molar-refractivity contribution is 0.252. The molecule has 3 nitrogen and oxygen atoms in total. The van der Waals surface area contributed by atoms with Gasteiger partial charge >= 0.3 is 6.03 Å². The number of nitrogens with one attached hydrogen (secondary N) is 2. The van der Waals surface area contributed by atoms with Crippen molar-refractivity contribution in [1.82, 2.24) is 5.32 Å². The van der Waals surface area contributed by atoms with E-state index >= 15 is 0 Å². The summed E-state index contributed by atoms with van der Waals surface area (Å²) in [7, 11) is 0. The average molecular weight is 325 g/mol. The number of hydrogen-bond acceptors (Lipinski definition) is 2. The van der Waals surface area contributed by atoms with Crippen LogP contribution in [0.3, 0.4) is 0 Å². The van der Waals surface area contributed by atoms with E-state index in [0.717, 1.165) is 21.3 Å². The minimum Gasteiger partial charge on any atom is -0.334 e. The Morgan fingerprint density at radius 2 is 2.22 bits per heavy atom. The van der Waals surface area contributed by atoms with Gasteiger partial charge in [-0.15, -0.1) is 0 Å². The van der Waals surface area contributed by atoms with E-state index in [1.54, 1.807) is 11.3 Å². The van der Waals surface area contributed by atoms with E-state index in [9.17, 15) is 4.79 Å². The highest BCUT2D eigenvalue weighted by Gasteiger charge is 2.03. The zero-order valence-electron chi connectivity index (χ0n) is 9.87. The van der Waals surface area contributed by atoms with Gasteiger partial charge in [0.05, 0.1) is 0 Å². The number of anilines is 1. The molecule has 94 valence electrons. The molecule has 0 saturated heterocycles. The summed E-state index contributed by atoms with van der Waals surface area (Å²) in [6, 6.07) is 7.52. The number of rotatable bonds is 3. The summed E-state index contributed by atoms with van der Waals surface area (Å²) in [4.78, 5) is 11.7. The highest BCUT2D eigenvalue weighted by Crippen LogP contribution is 2.20. The molecule has 5 heteroatoms. The number of carbonyl (C=O) groups is 1. The lowest BCUT2D eigenvalue weighted by atomic mass is 10.2. The quantitative estimate of drug-likeness (QED) is 0.875. The van der Waals surface area contributed by atoms with Gasteiger partial charge in [-0.1, -0.05) is 22.0 Å². The first-order valence-corrected chi connectivity index (χ1v) is 7.21. The van der Waals surface area contributed by atoms with Crippen LogP contribution in [0.2, 0.25) is 0 Å². The molecule has 0 spiro atoms. The van der Waals surface area contributed by atoms with Crippen LogP contribution in [0.25, 0.3) is 0 Å². The third kappa shape index (κ3) is 3.58. The Morgan fingerprint density at radius 3 is 2.89 bits per heavy atom. The molecule has 0 aliphatic heterocycles. The Labute approximate surface area is 118 Å². The van der Waals surface area contributed by atoms with Crippen LogP contribution in [0.4, 0.5) is 10.5 Å². The number of urea groups is 1. The van der Waals surface area contributed by atoms with E-state index in [4.69, 9.17) is 0 Å². The molecule has 18 heavy (non-hydrogen) atoms. The maximum atomic E-state index is 11.7. The van der Waals surface area contributed by atoms with Gasteiger partial charge in [-0.25, -0.2) is 4.79 Å². The van der Waals surface area contributed by atoms with Crippen molar-refractivity contribution < 1.29 is 4.79 Å². The van der Waals surface area contributed by atoms with Crippen LogP contribution in [0.15, 0.2) is 39.5 Å². The normalized spacial score (nSPS) is 10.1.